The molecule has 124 valence electrons. The summed E-state index contributed by atoms with van der Waals surface area (Å²) in [4.78, 5) is 8.60. The van der Waals surface area contributed by atoms with Gasteiger partial charge in [-0.2, -0.15) is 0 Å². The molecule has 0 aliphatic heterocycles. The molecule has 0 bridgehead atoms. The van der Waals surface area contributed by atoms with Gasteiger partial charge in [0, 0.05) is 0 Å². The van der Waals surface area contributed by atoms with Gasteiger partial charge >= 0.3 is 0 Å². The summed E-state index contributed by atoms with van der Waals surface area (Å²) in [5.74, 6) is 7.25. The first-order valence-electron chi connectivity index (χ1n) is 7.58. The number of anilines is 1. The van der Waals surface area contributed by atoms with Crippen LogP contribution in [0.3, 0.4) is 0 Å². The molecule has 0 aliphatic rings. The van der Waals surface area contributed by atoms with Crippen LogP contribution in [0.5, 0.6) is 0 Å². The molecule has 0 aromatic carbocycles. The molecular formula is C17H19N5O2. The standard InChI is InChI=1S/C17H19N5O2/c1-11(24-17(2,3)4)7-8-12-10-22-16(14(18)19-12)20-15(21-22)13-6-5-9-23-13/h5-6,9-11H,1-4H3,(H2,18,19). The Hall–Kier alpha value is -2.85. The van der Waals surface area contributed by atoms with Crippen LogP contribution in [0, 0.1) is 11.8 Å². The van der Waals surface area contributed by atoms with Crippen molar-refractivity contribution in [3.63, 3.8) is 0 Å². The minimum atomic E-state index is -0.256. The molecule has 7 heteroatoms. The van der Waals surface area contributed by atoms with Crippen molar-refractivity contribution in [2.75, 3.05) is 5.73 Å². The first kappa shape index (κ1) is 16.0. The topological polar surface area (TPSA) is 91.5 Å². The third-order valence-corrected chi connectivity index (χ3v) is 3.02. The van der Waals surface area contributed by atoms with E-state index in [2.05, 4.69) is 26.9 Å². The molecule has 24 heavy (non-hydrogen) atoms. The monoisotopic (exact) mass is 325 g/mol. The first-order chi connectivity index (χ1) is 11.3. The maximum atomic E-state index is 5.97. The molecule has 7 nitrogen and oxygen atoms in total. The number of hydrogen-bond acceptors (Lipinski definition) is 6. The molecule has 1 atom stereocenters. The lowest BCUT2D eigenvalue weighted by Gasteiger charge is -2.21. The van der Waals surface area contributed by atoms with E-state index in [1.165, 1.54) is 0 Å². The molecule has 3 aromatic heterocycles. The van der Waals surface area contributed by atoms with Crippen molar-refractivity contribution in [2.45, 2.75) is 39.4 Å². The summed E-state index contributed by atoms with van der Waals surface area (Å²) in [6.45, 7) is 7.85. The molecule has 3 rings (SSSR count). The molecule has 1 unspecified atom stereocenters. The summed E-state index contributed by atoms with van der Waals surface area (Å²) >= 11 is 0. The summed E-state index contributed by atoms with van der Waals surface area (Å²) in [5.41, 5.74) is 6.68. The lowest BCUT2D eigenvalue weighted by Crippen LogP contribution is -2.24. The van der Waals surface area contributed by atoms with Crippen LogP contribution in [0.2, 0.25) is 0 Å². The average molecular weight is 325 g/mol. The van der Waals surface area contributed by atoms with E-state index in [9.17, 15) is 0 Å². The molecule has 0 fully saturated rings. The van der Waals surface area contributed by atoms with Crippen LogP contribution in [0.25, 0.3) is 17.2 Å². The highest BCUT2D eigenvalue weighted by Gasteiger charge is 2.14. The van der Waals surface area contributed by atoms with Crippen LogP contribution in [0.4, 0.5) is 5.82 Å². The Morgan fingerprint density at radius 3 is 2.79 bits per heavy atom. The van der Waals surface area contributed by atoms with Crippen molar-refractivity contribution in [3.8, 4) is 23.4 Å². The number of nitrogen functional groups attached to an aromatic ring is 1. The van der Waals surface area contributed by atoms with Gasteiger partial charge in [0.25, 0.3) is 0 Å². The van der Waals surface area contributed by atoms with Gasteiger partial charge in [0.05, 0.1) is 18.1 Å². The number of hydrogen-bond donors (Lipinski definition) is 1. The molecule has 0 saturated heterocycles. The Kier molecular flexibility index (Phi) is 3.99. The van der Waals surface area contributed by atoms with Gasteiger partial charge < -0.3 is 14.9 Å². The minimum absolute atomic E-state index is 0.224. The molecule has 2 N–H and O–H groups in total. The largest absolute Gasteiger partial charge is 0.461 e. The molecule has 0 radical (unpaired) electrons. The van der Waals surface area contributed by atoms with E-state index < -0.39 is 0 Å². The van der Waals surface area contributed by atoms with E-state index in [0.717, 1.165) is 0 Å². The zero-order chi connectivity index (χ0) is 17.3. The summed E-state index contributed by atoms with van der Waals surface area (Å²) in [6.07, 6.45) is 3.02. The lowest BCUT2D eigenvalue weighted by atomic mass is 10.2. The fraction of sp³-hybridized carbons (Fsp3) is 0.353. The molecule has 0 saturated carbocycles. The predicted molar refractivity (Wildman–Crippen MR) is 90.1 cm³/mol. The lowest BCUT2D eigenvalue weighted by molar-refractivity contribution is -0.0257. The fourth-order valence-electron chi connectivity index (χ4n) is 2.22. The molecule has 0 spiro atoms. The highest BCUT2D eigenvalue weighted by Crippen LogP contribution is 2.18. The minimum Gasteiger partial charge on any atom is -0.461 e. The Morgan fingerprint density at radius 2 is 2.12 bits per heavy atom. The summed E-state index contributed by atoms with van der Waals surface area (Å²) in [5, 5.41) is 4.36. The SMILES string of the molecule is CC(C#Cc1cn2nc(-c3ccco3)nc2c(N)n1)OC(C)(C)C. The summed E-state index contributed by atoms with van der Waals surface area (Å²) in [6, 6.07) is 3.56. The third-order valence-electron chi connectivity index (χ3n) is 3.02. The van der Waals surface area contributed by atoms with Gasteiger partial charge in [-0.25, -0.2) is 14.5 Å². The molecule has 0 amide bonds. The van der Waals surface area contributed by atoms with Crippen LogP contribution in [0.15, 0.2) is 29.0 Å². The summed E-state index contributed by atoms with van der Waals surface area (Å²) < 4.78 is 12.6. The van der Waals surface area contributed by atoms with Gasteiger partial charge in [0.2, 0.25) is 5.82 Å². The quantitative estimate of drug-likeness (QED) is 0.728. The second-order valence-corrected chi connectivity index (χ2v) is 6.33. The van der Waals surface area contributed by atoms with E-state index in [0.29, 0.717) is 22.9 Å². The number of fused-ring (bicyclic) bond motifs is 1. The van der Waals surface area contributed by atoms with Crippen LogP contribution in [-0.4, -0.2) is 31.3 Å². The number of aromatic nitrogens is 4. The number of furan rings is 1. The second-order valence-electron chi connectivity index (χ2n) is 6.33. The molecule has 3 aromatic rings. The summed E-state index contributed by atoms with van der Waals surface area (Å²) in [7, 11) is 0. The van der Waals surface area contributed by atoms with Crippen molar-refractivity contribution < 1.29 is 9.15 Å². The van der Waals surface area contributed by atoms with Gasteiger partial charge in [-0.1, -0.05) is 5.92 Å². The maximum absolute atomic E-state index is 5.97. The van der Waals surface area contributed by atoms with E-state index in [-0.39, 0.29) is 17.5 Å². The molecule has 0 aliphatic carbocycles. The van der Waals surface area contributed by atoms with Crippen molar-refractivity contribution in [1.29, 1.82) is 0 Å². The zero-order valence-electron chi connectivity index (χ0n) is 14.1. The Labute approximate surface area is 139 Å². The van der Waals surface area contributed by atoms with E-state index in [1.807, 2.05) is 27.7 Å². The number of ether oxygens (including phenoxy) is 1. The third kappa shape index (κ3) is 3.55. The maximum Gasteiger partial charge on any atom is 0.218 e. The van der Waals surface area contributed by atoms with Gasteiger partial charge in [0.15, 0.2) is 17.2 Å². The fourth-order valence-corrected chi connectivity index (χ4v) is 2.22. The smallest absolute Gasteiger partial charge is 0.218 e. The Morgan fingerprint density at radius 1 is 1.33 bits per heavy atom. The average Bonchev–Trinajstić information content (AvgIpc) is 3.12. The van der Waals surface area contributed by atoms with E-state index in [4.69, 9.17) is 14.9 Å². The highest BCUT2D eigenvalue weighted by atomic mass is 16.5. The van der Waals surface area contributed by atoms with Crippen molar-refractivity contribution in [1.82, 2.24) is 19.6 Å². The molecular weight excluding hydrogens is 306 g/mol. The van der Waals surface area contributed by atoms with Crippen LogP contribution < -0.4 is 5.73 Å². The van der Waals surface area contributed by atoms with Crippen molar-refractivity contribution in [2.24, 2.45) is 0 Å². The van der Waals surface area contributed by atoms with E-state index >= 15 is 0 Å². The van der Waals surface area contributed by atoms with Gasteiger partial charge in [-0.3, -0.25) is 0 Å². The first-order valence-corrected chi connectivity index (χ1v) is 7.58. The molecule has 3 heterocycles. The van der Waals surface area contributed by atoms with Crippen LogP contribution in [0.1, 0.15) is 33.4 Å². The van der Waals surface area contributed by atoms with Crippen LogP contribution >= 0.6 is 0 Å². The Bertz CT molecular complexity index is 910. The van der Waals surface area contributed by atoms with Gasteiger partial charge in [-0.15, -0.1) is 5.10 Å². The van der Waals surface area contributed by atoms with Gasteiger partial charge in [0.1, 0.15) is 11.8 Å². The Balaban J connectivity index is 1.91. The van der Waals surface area contributed by atoms with Crippen LogP contribution in [-0.2, 0) is 4.74 Å². The predicted octanol–water partition coefficient (Wildman–Crippen LogP) is 2.52. The van der Waals surface area contributed by atoms with Gasteiger partial charge in [-0.05, 0) is 45.7 Å². The second kappa shape index (κ2) is 5.98. The number of nitrogens with zero attached hydrogens (tertiary/aromatic N) is 4. The normalized spacial score (nSPS) is 12.8. The van der Waals surface area contributed by atoms with E-state index in [1.54, 1.807) is 29.1 Å². The number of rotatable bonds is 2. The highest BCUT2D eigenvalue weighted by molar-refractivity contribution is 5.63. The zero-order valence-corrected chi connectivity index (χ0v) is 14.1. The van der Waals surface area contributed by atoms with Crippen molar-refractivity contribution >= 4 is 11.5 Å². The van der Waals surface area contributed by atoms with Crippen molar-refractivity contribution in [3.05, 3.63) is 30.3 Å². The number of nitrogens with two attached hydrogens (primary N) is 1.